The van der Waals surface area contributed by atoms with Crippen molar-refractivity contribution in [3.8, 4) is 0 Å². The zero-order valence-electron chi connectivity index (χ0n) is 11.5. The summed E-state index contributed by atoms with van der Waals surface area (Å²) in [6, 6.07) is 5.12. The smallest absolute Gasteiger partial charge is 0.337 e. The average Bonchev–Trinajstić information content (AvgIpc) is 2.49. The molecular formula is C14H19ClN2O3. The van der Waals surface area contributed by atoms with Crippen molar-refractivity contribution >= 4 is 23.3 Å². The Balaban J connectivity index is 1.84. The van der Waals surface area contributed by atoms with E-state index in [9.17, 15) is 4.79 Å². The maximum absolute atomic E-state index is 11.4. The number of hydrogen-bond donors (Lipinski definition) is 1. The molecule has 0 spiro atoms. The number of methoxy groups -OCH3 is 1. The average molecular weight is 299 g/mol. The first-order chi connectivity index (χ1) is 9.70. The van der Waals surface area contributed by atoms with Crippen LogP contribution in [-0.2, 0) is 9.47 Å². The zero-order valence-corrected chi connectivity index (χ0v) is 12.3. The molecule has 0 radical (unpaired) electrons. The number of halogens is 1. The molecule has 0 amide bonds. The Bertz CT molecular complexity index is 462. The SMILES string of the molecule is COC(=O)c1ccc(NCCN2CCOCC2)c(Cl)c1. The van der Waals surface area contributed by atoms with Gasteiger partial charge in [0.05, 0.1) is 36.6 Å². The van der Waals surface area contributed by atoms with Crippen LogP contribution in [0.4, 0.5) is 5.69 Å². The van der Waals surface area contributed by atoms with Gasteiger partial charge in [-0.1, -0.05) is 11.6 Å². The van der Waals surface area contributed by atoms with Gasteiger partial charge in [-0.3, -0.25) is 4.90 Å². The number of benzene rings is 1. The Hall–Kier alpha value is -1.30. The Morgan fingerprint density at radius 3 is 2.85 bits per heavy atom. The molecule has 1 aromatic carbocycles. The number of carbonyl (C=O) groups excluding carboxylic acids is 1. The van der Waals surface area contributed by atoms with Gasteiger partial charge in [-0.05, 0) is 18.2 Å². The second-order valence-electron chi connectivity index (χ2n) is 4.57. The molecule has 1 aliphatic heterocycles. The molecule has 0 saturated carbocycles. The van der Waals surface area contributed by atoms with Crippen LogP contribution in [0.3, 0.4) is 0 Å². The summed E-state index contributed by atoms with van der Waals surface area (Å²) < 4.78 is 9.96. The predicted molar refractivity (Wildman–Crippen MR) is 78.5 cm³/mol. The minimum absolute atomic E-state index is 0.383. The van der Waals surface area contributed by atoms with Gasteiger partial charge in [0, 0.05) is 26.2 Å². The summed E-state index contributed by atoms with van der Waals surface area (Å²) in [5.41, 5.74) is 1.28. The standard InChI is InChI=1S/C14H19ClN2O3/c1-19-14(18)11-2-3-13(12(15)10-11)16-4-5-17-6-8-20-9-7-17/h2-3,10,16H,4-9H2,1H3. The van der Waals surface area contributed by atoms with Crippen molar-refractivity contribution in [3.63, 3.8) is 0 Å². The number of ether oxygens (including phenoxy) is 2. The van der Waals surface area contributed by atoms with Gasteiger partial charge in [-0.25, -0.2) is 4.79 Å². The second kappa shape index (κ2) is 7.47. The van der Waals surface area contributed by atoms with Gasteiger partial charge in [-0.15, -0.1) is 0 Å². The third-order valence-corrected chi connectivity index (χ3v) is 3.55. The van der Waals surface area contributed by atoms with Gasteiger partial charge < -0.3 is 14.8 Å². The molecule has 1 aliphatic rings. The van der Waals surface area contributed by atoms with E-state index >= 15 is 0 Å². The van der Waals surface area contributed by atoms with E-state index < -0.39 is 0 Å². The fourth-order valence-electron chi connectivity index (χ4n) is 2.08. The number of hydrogen-bond acceptors (Lipinski definition) is 5. The molecule has 1 aromatic rings. The lowest BCUT2D eigenvalue weighted by molar-refractivity contribution is 0.0398. The molecule has 0 bridgehead atoms. The maximum Gasteiger partial charge on any atom is 0.337 e. The highest BCUT2D eigenvalue weighted by atomic mass is 35.5. The highest BCUT2D eigenvalue weighted by Crippen LogP contribution is 2.23. The molecular weight excluding hydrogens is 280 g/mol. The normalized spacial score (nSPS) is 15.9. The van der Waals surface area contributed by atoms with Crippen LogP contribution in [-0.4, -0.2) is 57.4 Å². The van der Waals surface area contributed by atoms with Crippen LogP contribution in [0.15, 0.2) is 18.2 Å². The lowest BCUT2D eigenvalue weighted by Crippen LogP contribution is -2.39. The van der Waals surface area contributed by atoms with Crippen LogP contribution in [0.1, 0.15) is 10.4 Å². The van der Waals surface area contributed by atoms with Crippen molar-refractivity contribution in [2.24, 2.45) is 0 Å². The largest absolute Gasteiger partial charge is 0.465 e. The summed E-state index contributed by atoms with van der Waals surface area (Å²) in [6.07, 6.45) is 0. The fourth-order valence-corrected chi connectivity index (χ4v) is 2.32. The van der Waals surface area contributed by atoms with Gasteiger partial charge in [0.1, 0.15) is 0 Å². The molecule has 6 heteroatoms. The van der Waals surface area contributed by atoms with E-state index in [1.165, 1.54) is 7.11 Å². The van der Waals surface area contributed by atoms with Crippen molar-refractivity contribution in [1.29, 1.82) is 0 Å². The molecule has 0 unspecified atom stereocenters. The van der Waals surface area contributed by atoms with E-state index in [4.69, 9.17) is 16.3 Å². The Kier molecular flexibility index (Phi) is 5.64. The van der Waals surface area contributed by atoms with Crippen LogP contribution < -0.4 is 5.32 Å². The highest BCUT2D eigenvalue weighted by molar-refractivity contribution is 6.33. The van der Waals surface area contributed by atoms with Crippen molar-refractivity contribution in [1.82, 2.24) is 4.90 Å². The minimum Gasteiger partial charge on any atom is -0.465 e. The van der Waals surface area contributed by atoms with E-state index in [0.717, 1.165) is 45.1 Å². The van der Waals surface area contributed by atoms with Crippen molar-refractivity contribution in [2.75, 3.05) is 51.8 Å². The van der Waals surface area contributed by atoms with Gasteiger partial charge in [-0.2, -0.15) is 0 Å². The van der Waals surface area contributed by atoms with Crippen LogP contribution in [0.2, 0.25) is 5.02 Å². The first-order valence-electron chi connectivity index (χ1n) is 6.62. The summed E-state index contributed by atoms with van der Waals surface area (Å²) in [5, 5.41) is 3.80. The summed E-state index contributed by atoms with van der Waals surface area (Å²) in [5.74, 6) is -0.383. The molecule has 0 aliphatic carbocycles. The van der Waals surface area contributed by atoms with Crippen LogP contribution >= 0.6 is 11.6 Å². The summed E-state index contributed by atoms with van der Waals surface area (Å²) >= 11 is 6.15. The number of carbonyl (C=O) groups is 1. The molecule has 5 nitrogen and oxygen atoms in total. The highest BCUT2D eigenvalue weighted by Gasteiger charge is 2.11. The Labute approximate surface area is 123 Å². The van der Waals surface area contributed by atoms with Gasteiger partial charge in [0.25, 0.3) is 0 Å². The monoisotopic (exact) mass is 298 g/mol. The number of nitrogens with one attached hydrogen (secondary N) is 1. The molecule has 110 valence electrons. The van der Waals surface area contributed by atoms with Gasteiger partial charge in [0.15, 0.2) is 0 Å². The topological polar surface area (TPSA) is 50.8 Å². The number of morpholine rings is 1. The third-order valence-electron chi connectivity index (χ3n) is 3.24. The van der Waals surface area contributed by atoms with Crippen molar-refractivity contribution < 1.29 is 14.3 Å². The first kappa shape index (κ1) is 15.1. The lowest BCUT2D eigenvalue weighted by atomic mass is 10.2. The number of nitrogens with zero attached hydrogens (tertiary/aromatic N) is 1. The van der Waals surface area contributed by atoms with Gasteiger partial charge >= 0.3 is 5.97 Å². The third kappa shape index (κ3) is 4.10. The molecule has 20 heavy (non-hydrogen) atoms. The molecule has 1 N–H and O–H groups in total. The predicted octanol–water partition coefficient (Wildman–Crippen LogP) is 1.87. The molecule has 1 fully saturated rings. The fraction of sp³-hybridized carbons (Fsp3) is 0.500. The van der Waals surface area contributed by atoms with E-state index in [2.05, 4.69) is 15.0 Å². The molecule has 1 saturated heterocycles. The molecule has 2 rings (SSSR count). The number of anilines is 1. The Morgan fingerprint density at radius 1 is 1.45 bits per heavy atom. The van der Waals surface area contributed by atoms with E-state index in [1.807, 2.05) is 0 Å². The van der Waals surface area contributed by atoms with E-state index in [0.29, 0.717) is 10.6 Å². The molecule has 0 aromatic heterocycles. The van der Waals surface area contributed by atoms with E-state index in [-0.39, 0.29) is 5.97 Å². The zero-order chi connectivity index (χ0) is 14.4. The maximum atomic E-state index is 11.4. The molecule has 0 atom stereocenters. The molecule has 1 heterocycles. The second-order valence-corrected chi connectivity index (χ2v) is 4.97. The van der Waals surface area contributed by atoms with Gasteiger partial charge in [0.2, 0.25) is 0 Å². The van der Waals surface area contributed by atoms with Crippen molar-refractivity contribution in [3.05, 3.63) is 28.8 Å². The summed E-state index contributed by atoms with van der Waals surface area (Å²) in [4.78, 5) is 13.7. The summed E-state index contributed by atoms with van der Waals surface area (Å²) in [7, 11) is 1.35. The number of esters is 1. The van der Waals surface area contributed by atoms with Crippen LogP contribution in [0.25, 0.3) is 0 Å². The van der Waals surface area contributed by atoms with Crippen LogP contribution in [0.5, 0.6) is 0 Å². The Morgan fingerprint density at radius 2 is 2.20 bits per heavy atom. The van der Waals surface area contributed by atoms with Crippen molar-refractivity contribution in [2.45, 2.75) is 0 Å². The van der Waals surface area contributed by atoms with E-state index in [1.54, 1.807) is 18.2 Å². The lowest BCUT2D eigenvalue weighted by Gasteiger charge is -2.26. The number of rotatable bonds is 5. The van der Waals surface area contributed by atoms with Crippen LogP contribution in [0, 0.1) is 0 Å². The quantitative estimate of drug-likeness (QED) is 0.841. The first-order valence-corrected chi connectivity index (χ1v) is 7.00. The summed E-state index contributed by atoms with van der Waals surface area (Å²) in [6.45, 7) is 5.28. The minimum atomic E-state index is -0.383.